The Morgan fingerprint density at radius 1 is 1.00 bits per heavy atom. The van der Waals surface area contributed by atoms with Crippen molar-refractivity contribution in [1.82, 2.24) is 24.9 Å². The van der Waals surface area contributed by atoms with E-state index in [0.717, 1.165) is 22.3 Å². The van der Waals surface area contributed by atoms with E-state index < -0.39 is 0 Å². The van der Waals surface area contributed by atoms with Gasteiger partial charge in [-0.15, -0.1) is 0 Å². The number of fused-ring (bicyclic) bond motifs is 1. The molecule has 3 heterocycles. The number of rotatable bonds is 3. The topological polar surface area (TPSA) is 79.4 Å². The maximum atomic E-state index is 6.34. The van der Waals surface area contributed by atoms with Crippen LogP contribution in [0, 0.1) is 20.8 Å². The summed E-state index contributed by atoms with van der Waals surface area (Å²) >= 11 is 12.7. The molecule has 0 unspecified atom stereocenters. The lowest BCUT2D eigenvalue weighted by Crippen LogP contribution is -2.01. The van der Waals surface area contributed by atoms with E-state index in [1.165, 1.54) is 0 Å². The van der Waals surface area contributed by atoms with E-state index in [1.54, 1.807) is 24.4 Å². The average Bonchev–Trinajstić information content (AvgIpc) is 3.02. The summed E-state index contributed by atoms with van der Waals surface area (Å²) in [5.74, 6) is 2.57. The van der Waals surface area contributed by atoms with Crippen LogP contribution in [-0.4, -0.2) is 24.9 Å². The zero-order chi connectivity index (χ0) is 19.1. The van der Waals surface area contributed by atoms with Gasteiger partial charge in [-0.1, -0.05) is 29.3 Å². The Labute approximate surface area is 166 Å². The molecule has 0 aliphatic rings. The van der Waals surface area contributed by atoms with Crippen LogP contribution in [0.2, 0.25) is 10.0 Å². The Kier molecular flexibility index (Phi) is 4.45. The summed E-state index contributed by atoms with van der Waals surface area (Å²) in [6.07, 6.45) is 1.77. The van der Waals surface area contributed by atoms with Crippen molar-refractivity contribution in [2.45, 2.75) is 20.8 Å². The van der Waals surface area contributed by atoms with E-state index in [0.29, 0.717) is 38.9 Å². The first-order chi connectivity index (χ1) is 12.9. The lowest BCUT2D eigenvalue weighted by Gasteiger charge is -2.08. The van der Waals surface area contributed by atoms with E-state index in [-0.39, 0.29) is 0 Å². The number of imidazole rings is 1. The molecule has 0 bridgehead atoms. The minimum Gasteiger partial charge on any atom is -0.335 e. The zero-order valence-corrected chi connectivity index (χ0v) is 16.4. The Morgan fingerprint density at radius 2 is 1.74 bits per heavy atom. The Balaban J connectivity index is 1.86. The van der Waals surface area contributed by atoms with Gasteiger partial charge in [0.2, 0.25) is 0 Å². The number of anilines is 2. The summed E-state index contributed by atoms with van der Waals surface area (Å²) in [4.78, 5) is 21.2. The van der Waals surface area contributed by atoms with Crippen LogP contribution in [0.5, 0.6) is 0 Å². The molecule has 0 saturated carbocycles. The number of H-pyrrole nitrogens is 1. The average molecular weight is 399 g/mol. The van der Waals surface area contributed by atoms with E-state index >= 15 is 0 Å². The normalized spacial score (nSPS) is 11.1. The fourth-order valence-electron chi connectivity index (χ4n) is 2.96. The molecule has 0 radical (unpaired) electrons. The first-order valence-corrected chi connectivity index (χ1v) is 9.07. The second-order valence-corrected chi connectivity index (χ2v) is 7.08. The summed E-state index contributed by atoms with van der Waals surface area (Å²) in [5, 5.41) is 4.31. The molecule has 0 spiro atoms. The molecule has 0 saturated heterocycles. The third kappa shape index (κ3) is 3.34. The molecule has 3 aromatic heterocycles. The molecule has 0 fully saturated rings. The van der Waals surface area contributed by atoms with Gasteiger partial charge in [-0.2, -0.15) is 0 Å². The number of aryl methyl sites for hydroxylation is 3. The molecule has 0 aliphatic heterocycles. The van der Waals surface area contributed by atoms with Crippen LogP contribution in [-0.2, 0) is 0 Å². The molecule has 1 aromatic carbocycles. The summed E-state index contributed by atoms with van der Waals surface area (Å²) in [6, 6.07) is 7.23. The van der Waals surface area contributed by atoms with Gasteiger partial charge in [0.05, 0.1) is 21.1 Å². The van der Waals surface area contributed by atoms with E-state index in [9.17, 15) is 0 Å². The number of nitrogens with zero attached hydrogens (tertiary/aromatic N) is 4. The van der Waals surface area contributed by atoms with Gasteiger partial charge in [-0.3, -0.25) is 0 Å². The van der Waals surface area contributed by atoms with Gasteiger partial charge < -0.3 is 10.3 Å². The fraction of sp³-hybridized carbons (Fsp3) is 0.158. The highest BCUT2D eigenvalue weighted by molar-refractivity contribution is 6.39. The van der Waals surface area contributed by atoms with Crippen molar-refractivity contribution >= 4 is 45.9 Å². The second-order valence-electron chi connectivity index (χ2n) is 6.26. The number of benzene rings is 1. The lowest BCUT2D eigenvalue weighted by atomic mass is 10.2. The van der Waals surface area contributed by atoms with E-state index in [1.807, 2.05) is 26.8 Å². The smallest absolute Gasteiger partial charge is 0.157 e. The molecule has 4 aromatic rings. The highest BCUT2D eigenvalue weighted by Crippen LogP contribution is 2.35. The SMILES string of the molecule is Cc1cc(Nc2ncc(C)c3nc(-c4c(Cl)cccc4Cl)[nH]c23)nc(C)n1. The van der Waals surface area contributed by atoms with Gasteiger partial charge in [-0.05, 0) is 38.5 Å². The Hall–Kier alpha value is -2.70. The van der Waals surface area contributed by atoms with Gasteiger partial charge >= 0.3 is 0 Å². The fourth-order valence-corrected chi connectivity index (χ4v) is 3.53. The van der Waals surface area contributed by atoms with Crippen LogP contribution in [0.15, 0.2) is 30.5 Å². The maximum Gasteiger partial charge on any atom is 0.157 e. The Bertz CT molecular complexity index is 1130. The number of aromatic nitrogens is 5. The molecule has 4 rings (SSSR count). The summed E-state index contributed by atoms with van der Waals surface area (Å²) in [6.45, 7) is 5.73. The molecular formula is C19H16Cl2N6. The van der Waals surface area contributed by atoms with Gasteiger partial charge in [0.15, 0.2) is 5.82 Å². The first kappa shape index (κ1) is 17.7. The summed E-state index contributed by atoms with van der Waals surface area (Å²) in [5.41, 5.74) is 4.03. The zero-order valence-electron chi connectivity index (χ0n) is 14.9. The van der Waals surface area contributed by atoms with Crippen molar-refractivity contribution in [3.63, 3.8) is 0 Å². The molecule has 136 valence electrons. The van der Waals surface area contributed by atoms with Crippen LogP contribution in [0.4, 0.5) is 11.6 Å². The molecule has 0 aliphatic carbocycles. The van der Waals surface area contributed by atoms with Crippen molar-refractivity contribution in [2.24, 2.45) is 0 Å². The Morgan fingerprint density at radius 3 is 2.44 bits per heavy atom. The highest BCUT2D eigenvalue weighted by Gasteiger charge is 2.17. The van der Waals surface area contributed by atoms with E-state index in [4.69, 9.17) is 28.2 Å². The van der Waals surface area contributed by atoms with Crippen LogP contribution >= 0.6 is 23.2 Å². The molecule has 6 nitrogen and oxygen atoms in total. The number of aromatic amines is 1. The van der Waals surface area contributed by atoms with Crippen LogP contribution < -0.4 is 5.32 Å². The van der Waals surface area contributed by atoms with Crippen molar-refractivity contribution in [3.05, 3.63) is 57.6 Å². The predicted octanol–water partition coefficient (Wildman–Crippen LogP) is 5.39. The molecule has 0 amide bonds. The summed E-state index contributed by atoms with van der Waals surface area (Å²) in [7, 11) is 0. The number of hydrogen-bond donors (Lipinski definition) is 2. The number of halogens is 2. The third-order valence-electron chi connectivity index (χ3n) is 4.11. The molecule has 0 atom stereocenters. The second kappa shape index (κ2) is 6.79. The van der Waals surface area contributed by atoms with Crippen molar-refractivity contribution < 1.29 is 0 Å². The van der Waals surface area contributed by atoms with Crippen molar-refractivity contribution in [2.75, 3.05) is 5.32 Å². The van der Waals surface area contributed by atoms with Gasteiger partial charge in [0.1, 0.15) is 23.0 Å². The maximum absolute atomic E-state index is 6.34. The van der Waals surface area contributed by atoms with Crippen LogP contribution in [0.3, 0.4) is 0 Å². The number of pyridine rings is 1. The molecule has 8 heteroatoms. The standard InChI is InChI=1S/C19H16Cl2N6/c1-9-8-22-19(25-14-7-10(2)23-11(3)24-14)17-16(9)26-18(27-17)15-12(20)5-4-6-13(15)21/h4-8H,1-3H3,(H,26,27)(H,22,23,24,25). The van der Waals surface area contributed by atoms with Crippen molar-refractivity contribution in [1.29, 1.82) is 0 Å². The minimum atomic E-state index is 0.531. The molecule has 27 heavy (non-hydrogen) atoms. The lowest BCUT2D eigenvalue weighted by molar-refractivity contribution is 1.01. The minimum absolute atomic E-state index is 0.531. The van der Waals surface area contributed by atoms with E-state index in [2.05, 4.69) is 25.3 Å². The molecular weight excluding hydrogens is 383 g/mol. The predicted molar refractivity (Wildman–Crippen MR) is 109 cm³/mol. The van der Waals surface area contributed by atoms with Crippen LogP contribution in [0.25, 0.3) is 22.4 Å². The van der Waals surface area contributed by atoms with Gasteiger partial charge in [0.25, 0.3) is 0 Å². The van der Waals surface area contributed by atoms with Gasteiger partial charge in [0, 0.05) is 18.0 Å². The largest absolute Gasteiger partial charge is 0.335 e. The molecule has 2 N–H and O–H groups in total. The third-order valence-corrected chi connectivity index (χ3v) is 4.74. The quantitative estimate of drug-likeness (QED) is 0.483. The highest BCUT2D eigenvalue weighted by atomic mass is 35.5. The summed E-state index contributed by atoms with van der Waals surface area (Å²) < 4.78 is 0. The first-order valence-electron chi connectivity index (χ1n) is 8.31. The van der Waals surface area contributed by atoms with Gasteiger partial charge in [-0.25, -0.2) is 19.9 Å². The van der Waals surface area contributed by atoms with Crippen LogP contribution in [0.1, 0.15) is 17.1 Å². The monoisotopic (exact) mass is 398 g/mol. The van der Waals surface area contributed by atoms with Crippen molar-refractivity contribution in [3.8, 4) is 11.4 Å². The number of nitrogens with one attached hydrogen (secondary N) is 2. The number of hydrogen-bond acceptors (Lipinski definition) is 5.